The van der Waals surface area contributed by atoms with Gasteiger partial charge in [0.15, 0.2) is 0 Å². The van der Waals surface area contributed by atoms with Crippen LogP contribution in [0.3, 0.4) is 0 Å². The van der Waals surface area contributed by atoms with Crippen molar-refractivity contribution in [1.82, 2.24) is 0 Å². The summed E-state index contributed by atoms with van der Waals surface area (Å²) in [6.07, 6.45) is -0.131. The van der Waals surface area contributed by atoms with Crippen molar-refractivity contribution in [3.05, 3.63) is 28.5 Å². The third-order valence-electron chi connectivity index (χ3n) is 1.99. The molecular formula is C11H15BrFNO2. The molecule has 1 unspecified atom stereocenters. The molecule has 1 atom stereocenters. The Morgan fingerprint density at radius 3 is 2.81 bits per heavy atom. The lowest BCUT2D eigenvalue weighted by molar-refractivity contribution is 0.0336. The van der Waals surface area contributed by atoms with Crippen molar-refractivity contribution in [2.45, 2.75) is 13.0 Å². The van der Waals surface area contributed by atoms with Crippen molar-refractivity contribution in [2.75, 3.05) is 19.8 Å². The van der Waals surface area contributed by atoms with Gasteiger partial charge in [-0.05, 0) is 41.1 Å². The molecule has 0 radical (unpaired) electrons. The summed E-state index contributed by atoms with van der Waals surface area (Å²) < 4.78 is 24.1. The highest BCUT2D eigenvalue weighted by Gasteiger charge is 2.07. The van der Waals surface area contributed by atoms with Crippen LogP contribution in [-0.4, -0.2) is 25.9 Å². The predicted octanol–water partition coefficient (Wildman–Crippen LogP) is 2.33. The molecule has 0 heterocycles. The van der Waals surface area contributed by atoms with E-state index >= 15 is 0 Å². The van der Waals surface area contributed by atoms with Crippen LogP contribution in [0.4, 0.5) is 4.39 Å². The summed E-state index contributed by atoms with van der Waals surface area (Å²) in [6.45, 7) is 3.26. The Balaban J connectivity index is 2.50. The van der Waals surface area contributed by atoms with E-state index in [4.69, 9.17) is 15.2 Å². The molecule has 0 aromatic heterocycles. The molecule has 0 saturated heterocycles. The van der Waals surface area contributed by atoms with Gasteiger partial charge >= 0.3 is 0 Å². The van der Waals surface area contributed by atoms with E-state index in [1.165, 1.54) is 6.07 Å². The SMILES string of the molecule is CCOC(CN)COc1ccc(F)c(Br)c1. The summed E-state index contributed by atoms with van der Waals surface area (Å²) in [5.74, 6) is 0.277. The van der Waals surface area contributed by atoms with Gasteiger partial charge in [-0.1, -0.05) is 0 Å². The van der Waals surface area contributed by atoms with E-state index in [1.807, 2.05) is 6.92 Å². The largest absolute Gasteiger partial charge is 0.491 e. The summed E-state index contributed by atoms with van der Waals surface area (Å²) >= 11 is 3.09. The van der Waals surface area contributed by atoms with Gasteiger partial charge in [0.05, 0.1) is 4.47 Å². The van der Waals surface area contributed by atoms with Crippen molar-refractivity contribution in [1.29, 1.82) is 0 Å². The third-order valence-corrected chi connectivity index (χ3v) is 2.60. The minimum atomic E-state index is -0.312. The minimum absolute atomic E-state index is 0.131. The van der Waals surface area contributed by atoms with E-state index in [9.17, 15) is 4.39 Å². The Labute approximate surface area is 103 Å². The molecule has 0 aliphatic carbocycles. The van der Waals surface area contributed by atoms with Gasteiger partial charge in [-0.2, -0.15) is 0 Å². The quantitative estimate of drug-likeness (QED) is 0.875. The summed E-state index contributed by atoms with van der Waals surface area (Å²) in [6, 6.07) is 4.49. The monoisotopic (exact) mass is 291 g/mol. The number of ether oxygens (including phenoxy) is 2. The van der Waals surface area contributed by atoms with Crippen LogP contribution in [0.2, 0.25) is 0 Å². The highest BCUT2D eigenvalue weighted by Crippen LogP contribution is 2.21. The Bertz CT molecular complexity index is 336. The highest BCUT2D eigenvalue weighted by molar-refractivity contribution is 9.10. The number of nitrogens with two attached hydrogens (primary N) is 1. The van der Waals surface area contributed by atoms with Crippen molar-refractivity contribution in [3.63, 3.8) is 0 Å². The molecule has 1 rings (SSSR count). The molecule has 0 spiro atoms. The second-order valence-electron chi connectivity index (χ2n) is 3.20. The molecule has 1 aromatic rings. The maximum Gasteiger partial charge on any atom is 0.137 e. The van der Waals surface area contributed by atoms with E-state index in [1.54, 1.807) is 12.1 Å². The Morgan fingerprint density at radius 1 is 1.50 bits per heavy atom. The molecule has 2 N–H and O–H groups in total. The zero-order chi connectivity index (χ0) is 12.0. The van der Waals surface area contributed by atoms with Crippen LogP contribution in [0.5, 0.6) is 5.75 Å². The molecule has 0 aliphatic heterocycles. The standard InChI is InChI=1S/C11H15BrFNO2/c1-2-15-9(6-14)7-16-8-3-4-11(13)10(12)5-8/h3-5,9H,2,6-7,14H2,1H3. The van der Waals surface area contributed by atoms with E-state index in [-0.39, 0.29) is 11.9 Å². The lowest BCUT2D eigenvalue weighted by atomic mass is 10.3. The van der Waals surface area contributed by atoms with Crippen LogP contribution >= 0.6 is 15.9 Å². The van der Waals surface area contributed by atoms with E-state index in [0.29, 0.717) is 30.0 Å². The number of benzene rings is 1. The molecule has 3 nitrogen and oxygen atoms in total. The molecule has 0 amide bonds. The maximum atomic E-state index is 12.9. The fourth-order valence-corrected chi connectivity index (χ4v) is 1.53. The summed E-state index contributed by atoms with van der Waals surface area (Å²) in [5, 5.41) is 0. The maximum absolute atomic E-state index is 12.9. The van der Waals surface area contributed by atoms with Crippen LogP contribution in [0, 0.1) is 5.82 Å². The van der Waals surface area contributed by atoms with Gasteiger partial charge in [0.1, 0.15) is 24.3 Å². The van der Waals surface area contributed by atoms with Crippen LogP contribution in [0.15, 0.2) is 22.7 Å². The van der Waals surface area contributed by atoms with Gasteiger partial charge in [0.25, 0.3) is 0 Å². The molecule has 0 bridgehead atoms. The summed E-state index contributed by atoms with van der Waals surface area (Å²) in [4.78, 5) is 0. The van der Waals surface area contributed by atoms with Gasteiger partial charge < -0.3 is 15.2 Å². The number of hydrogen-bond acceptors (Lipinski definition) is 3. The molecule has 0 saturated carbocycles. The molecule has 16 heavy (non-hydrogen) atoms. The first-order chi connectivity index (χ1) is 7.67. The van der Waals surface area contributed by atoms with Crippen LogP contribution < -0.4 is 10.5 Å². The van der Waals surface area contributed by atoms with E-state index < -0.39 is 0 Å². The lowest BCUT2D eigenvalue weighted by Crippen LogP contribution is -2.30. The third kappa shape index (κ3) is 4.08. The van der Waals surface area contributed by atoms with Crippen molar-refractivity contribution in [3.8, 4) is 5.75 Å². The Hall–Kier alpha value is -0.650. The molecule has 0 aliphatic rings. The minimum Gasteiger partial charge on any atom is -0.491 e. The fraction of sp³-hybridized carbons (Fsp3) is 0.455. The van der Waals surface area contributed by atoms with E-state index in [2.05, 4.69) is 15.9 Å². The first kappa shape index (κ1) is 13.4. The molecule has 1 aromatic carbocycles. The fourth-order valence-electron chi connectivity index (χ4n) is 1.18. The topological polar surface area (TPSA) is 44.5 Å². The highest BCUT2D eigenvalue weighted by atomic mass is 79.9. The van der Waals surface area contributed by atoms with Crippen LogP contribution in [-0.2, 0) is 4.74 Å². The average Bonchev–Trinajstić information content (AvgIpc) is 2.28. The summed E-state index contributed by atoms with van der Waals surface area (Å²) in [5.41, 5.74) is 5.50. The second kappa shape index (κ2) is 6.83. The molecule has 0 fully saturated rings. The molecule has 5 heteroatoms. The van der Waals surface area contributed by atoms with Gasteiger partial charge in [-0.25, -0.2) is 4.39 Å². The van der Waals surface area contributed by atoms with Gasteiger partial charge in [-0.3, -0.25) is 0 Å². The lowest BCUT2D eigenvalue weighted by Gasteiger charge is -2.15. The second-order valence-corrected chi connectivity index (χ2v) is 4.05. The Kier molecular flexibility index (Phi) is 5.73. The first-order valence-electron chi connectivity index (χ1n) is 5.07. The van der Waals surface area contributed by atoms with Gasteiger partial charge in [0.2, 0.25) is 0 Å². The Morgan fingerprint density at radius 2 is 2.25 bits per heavy atom. The number of rotatable bonds is 6. The van der Waals surface area contributed by atoms with Gasteiger partial charge in [-0.15, -0.1) is 0 Å². The van der Waals surface area contributed by atoms with Crippen LogP contribution in [0.25, 0.3) is 0 Å². The molecular weight excluding hydrogens is 277 g/mol. The van der Waals surface area contributed by atoms with Crippen molar-refractivity contribution < 1.29 is 13.9 Å². The van der Waals surface area contributed by atoms with Crippen molar-refractivity contribution in [2.24, 2.45) is 5.73 Å². The normalized spacial score (nSPS) is 12.5. The van der Waals surface area contributed by atoms with Crippen LogP contribution in [0.1, 0.15) is 6.92 Å². The van der Waals surface area contributed by atoms with Gasteiger partial charge in [0, 0.05) is 13.2 Å². The number of halogens is 2. The smallest absolute Gasteiger partial charge is 0.137 e. The van der Waals surface area contributed by atoms with E-state index in [0.717, 1.165) is 0 Å². The average molecular weight is 292 g/mol. The summed E-state index contributed by atoms with van der Waals surface area (Å²) in [7, 11) is 0. The number of hydrogen-bond donors (Lipinski definition) is 1. The first-order valence-corrected chi connectivity index (χ1v) is 5.86. The molecule has 90 valence electrons. The predicted molar refractivity (Wildman–Crippen MR) is 64.1 cm³/mol. The zero-order valence-electron chi connectivity index (χ0n) is 9.08. The zero-order valence-corrected chi connectivity index (χ0v) is 10.7. The van der Waals surface area contributed by atoms with Crippen molar-refractivity contribution >= 4 is 15.9 Å².